The maximum Gasteiger partial charge on any atom is 0.0586 e. The summed E-state index contributed by atoms with van der Waals surface area (Å²) in [6.45, 7) is 5.92. The Morgan fingerprint density at radius 1 is 1.25 bits per heavy atom. The third kappa shape index (κ3) is 2.61. The molecule has 0 saturated carbocycles. The fourth-order valence-corrected chi connectivity index (χ4v) is 0.998. The van der Waals surface area contributed by atoms with Gasteiger partial charge in [0.2, 0.25) is 0 Å². The fraction of sp³-hybridized carbons (Fsp3) is 0.500. The molecule has 2 nitrogen and oxygen atoms in total. The summed E-state index contributed by atoms with van der Waals surface area (Å²) in [5.41, 5.74) is 2.06. The molecule has 0 N–H and O–H groups in total. The zero-order valence-electron chi connectivity index (χ0n) is 7.58. The highest BCUT2D eigenvalue weighted by Crippen LogP contribution is 2.00. The molecular weight excluding hydrogens is 148 g/mol. The van der Waals surface area contributed by atoms with Crippen LogP contribution in [0.25, 0.3) is 0 Å². The van der Waals surface area contributed by atoms with Gasteiger partial charge < -0.3 is 0 Å². The van der Waals surface area contributed by atoms with E-state index < -0.39 is 0 Å². The summed E-state index contributed by atoms with van der Waals surface area (Å²) in [5.74, 6) is 0. The average molecular weight is 163 g/mol. The number of hydrogen-bond donors (Lipinski definition) is 0. The lowest BCUT2D eigenvalue weighted by Crippen LogP contribution is -1.94. The lowest BCUT2D eigenvalue weighted by molar-refractivity contribution is 0.769. The zero-order valence-corrected chi connectivity index (χ0v) is 7.58. The second-order valence-electron chi connectivity index (χ2n) is 2.85. The predicted octanol–water partition coefficient (Wildman–Crippen LogP) is 2.20. The SMILES string of the molecule is [CH2]Cc1cnc(CCCC)cn1. The van der Waals surface area contributed by atoms with Crippen molar-refractivity contribution in [2.24, 2.45) is 0 Å². The number of aromatic nitrogens is 2. The summed E-state index contributed by atoms with van der Waals surface area (Å²) in [5, 5.41) is 0. The Bertz CT molecular complexity index is 216. The molecule has 1 heterocycles. The summed E-state index contributed by atoms with van der Waals surface area (Å²) in [6.07, 6.45) is 7.84. The van der Waals surface area contributed by atoms with Gasteiger partial charge in [0.05, 0.1) is 11.4 Å². The molecule has 0 aromatic carbocycles. The van der Waals surface area contributed by atoms with Crippen molar-refractivity contribution < 1.29 is 0 Å². The Hall–Kier alpha value is -0.920. The van der Waals surface area contributed by atoms with Gasteiger partial charge in [-0.25, -0.2) is 0 Å². The van der Waals surface area contributed by atoms with Crippen molar-refractivity contribution in [2.45, 2.75) is 32.6 Å². The van der Waals surface area contributed by atoms with Gasteiger partial charge in [-0.05, 0) is 26.2 Å². The Balaban J connectivity index is 2.53. The Morgan fingerprint density at radius 3 is 2.42 bits per heavy atom. The van der Waals surface area contributed by atoms with E-state index in [1.807, 2.05) is 12.4 Å². The van der Waals surface area contributed by atoms with Gasteiger partial charge in [0.1, 0.15) is 0 Å². The van der Waals surface area contributed by atoms with Crippen LogP contribution in [-0.4, -0.2) is 9.97 Å². The molecule has 0 fully saturated rings. The monoisotopic (exact) mass is 163 g/mol. The van der Waals surface area contributed by atoms with Crippen LogP contribution < -0.4 is 0 Å². The molecule has 0 unspecified atom stereocenters. The van der Waals surface area contributed by atoms with Crippen molar-refractivity contribution in [1.82, 2.24) is 9.97 Å². The van der Waals surface area contributed by atoms with Crippen molar-refractivity contribution in [3.05, 3.63) is 30.7 Å². The van der Waals surface area contributed by atoms with Crippen LogP contribution >= 0.6 is 0 Å². The molecule has 0 aliphatic rings. The molecule has 0 saturated heterocycles. The number of hydrogen-bond acceptors (Lipinski definition) is 2. The molecule has 1 aromatic rings. The van der Waals surface area contributed by atoms with E-state index in [0.29, 0.717) is 0 Å². The lowest BCUT2D eigenvalue weighted by Gasteiger charge is -1.98. The van der Waals surface area contributed by atoms with Crippen LogP contribution in [0, 0.1) is 6.92 Å². The van der Waals surface area contributed by atoms with Crippen molar-refractivity contribution in [1.29, 1.82) is 0 Å². The van der Waals surface area contributed by atoms with Crippen LogP contribution in [0.3, 0.4) is 0 Å². The molecule has 1 radical (unpaired) electrons. The number of unbranched alkanes of at least 4 members (excludes halogenated alkanes) is 1. The maximum atomic E-state index is 4.28. The molecule has 0 bridgehead atoms. The third-order valence-corrected chi connectivity index (χ3v) is 1.80. The topological polar surface area (TPSA) is 25.8 Å². The lowest BCUT2D eigenvalue weighted by atomic mass is 10.2. The third-order valence-electron chi connectivity index (χ3n) is 1.80. The molecule has 0 amide bonds. The Labute approximate surface area is 74.1 Å². The van der Waals surface area contributed by atoms with Crippen molar-refractivity contribution in [3.8, 4) is 0 Å². The summed E-state index contributed by atoms with van der Waals surface area (Å²) in [7, 11) is 0. The van der Waals surface area contributed by atoms with Gasteiger partial charge in [-0.1, -0.05) is 13.3 Å². The van der Waals surface area contributed by atoms with Crippen molar-refractivity contribution in [3.63, 3.8) is 0 Å². The zero-order chi connectivity index (χ0) is 8.81. The molecule has 0 spiro atoms. The molecule has 1 aromatic heterocycles. The molecule has 1 rings (SSSR count). The number of aryl methyl sites for hydroxylation is 1. The molecule has 0 aliphatic carbocycles. The summed E-state index contributed by atoms with van der Waals surface area (Å²) in [6, 6.07) is 0. The van der Waals surface area contributed by atoms with E-state index in [4.69, 9.17) is 0 Å². The highest BCUT2D eigenvalue weighted by Gasteiger charge is 1.94. The number of nitrogens with zero attached hydrogens (tertiary/aromatic N) is 2. The van der Waals surface area contributed by atoms with Gasteiger partial charge in [0.15, 0.2) is 0 Å². The van der Waals surface area contributed by atoms with E-state index in [-0.39, 0.29) is 0 Å². The maximum absolute atomic E-state index is 4.28. The van der Waals surface area contributed by atoms with E-state index in [1.54, 1.807) is 0 Å². The molecule has 0 aliphatic heterocycles. The minimum atomic E-state index is 0.723. The second-order valence-corrected chi connectivity index (χ2v) is 2.85. The Kier molecular flexibility index (Phi) is 3.71. The van der Waals surface area contributed by atoms with Gasteiger partial charge in [-0.3, -0.25) is 9.97 Å². The van der Waals surface area contributed by atoms with Gasteiger partial charge in [0, 0.05) is 12.4 Å². The van der Waals surface area contributed by atoms with Gasteiger partial charge >= 0.3 is 0 Å². The van der Waals surface area contributed by atoms with Crippen molar-refractivity contribution >= 4 is 0 Å². The van der Waals surface area contributed by atoms with E-state index in [1.165, 1.54) is 12.8 Å². The van der Waals surface area contributed by atoms with E-state index in [2.05, 4.69) is 23.8 Å². The summed E-state index contributed by atoms with van der Waals surface area (Å²) in [4.78, 5) is 8.51. The van der Waals surface area contributed by atoms with Crippen LogP contribution in [-0.2, 0) is 12.8 Å². The first-order valence-electron chi connectivity index (χ1n) is 4.46. The molecule has 0 atom stereocenters. The first-order valence-corrected chi connectivity index (χ1v) is 4.46. The van der Waals surface area contributed by atoms with E-state index >= 15 is 0 Å². The van der Waals surface area contributed by atoms with Gasteiger partial charge in [-0.2, -0.15) is 0 Å². The smallest absolute Gasteiger partial charge is 0.0586 e. The minimum Gasteiger partial charge on any atom is -0.258 e. The predicted molar refractivity (Wildman–Crippen MR) is 49.7 cm³/mol. The summed E-state index contributed by atoms with van der Waals surface area (Å²) < 4.78 is 0. The van der Waals surface area contributed by atoms with Crippen LogP contribution in [0.2, 0.25) is 0 Å². The quantitative estimate of drug-likeness (QED) is 0.680. The molecule has 65 valence electrons. The van der Waals surface area contributed by atoms with Crippen molar-refractivity contribution in [2.75, 3.05) is 0 Å². The highest BCUT2D eigenvalue weighted by molar-refractivity contribution is 5.02. The van der Waals surface area contributed by atoms with Crippen LogP contribution in [0.1, 0.15) is 31.2 Å². The first-order chi connectivity index (χ1) is 5.86. The molecular formula is C10H15N2. The second kappa shape index (κ2) is 4.86. The Morgan fingerprint density at radius 2 is 1.92 bits per heavy atom. The molecule has 12 heavy (non-hydrogen) atoms. The average Bonchev–Trinajstić information content (AvgIpc) is 2.15. The first kappa shape index (κ1) is 9.17. The largest absolute Gasteiger partial charge is 0.258 e. The molecule has 2 heteroatoms. The number of rotatable bonds is 4. The van der Waals surface area contributed by atoms with Gasteiger partial charge in [-0.15, -0.1) is 0 Å². The van der Waals surface area contributed by atoms with Crippen LogP contribution in [0.5, 0.6) is 0 Å². The fourth-order valence-electron chi connectivity index (χ4n) is 0.998. The highest BCUT2D eigenvalue weighted by atomic mass is 14.8. The normalized spacial score (nSPS) is 10.2. The van der Waals surface area contributed by atoms with E-state index in [0.717, 1.165) is 24.2 Å². The van der Waals surface area contributed by atoms with Gasteiger partial charge in [0.25, 0.3) is 0 Å². The standard InChI is InChI=1S/C10H15N2/c1-3-5-6-10-8-11-9(4-2)7-12-10/h7-8H,2-6H2,1H3. The van der Waals surface area contributed by atoms with E-state index in [9.17, 15) is 0 Å². The minimum absolute atomic E-state index is 0.723. The summed E-state index contributed by atoms with van der Waals surface area (Å²) >= 11 is 0. The van der Waals surface area contributed by atoms with Crippen LogP contribution in [0.15, 0.2) is 12.4 Å². The van der Waals surface area contributed by atoms with Crippen LogP contribution in [0.4, 0.5) is 0 Å².